The lowest BCUT2D eigenvalue weighted by Crippen LogP contribution is -2.44. The topological polar surface area (TPSA) is 45.7 Å². The van der Waals surface area contributed by atoms with E-state index < -0.39 is 0 Å². The minimum absolute atomic E-state index is 0.154. The molecule has 1 aromatic heterocycles. The summed E-state index contributed by atoms with van der Waals surface area (Å²) in [5, 5.41) is 0. The summed E-state index contributed by atoms with van der Waals surface area (Å²) in [6.07, 6.45) is 4.61. The number of amides is 1. The highest BCUT2D eigenvalue weighted by Crippen LogP contribution is 2.26. The summed E-state index contributed by atoms with van der Waals surface area (Å²) in [5.41, 5.74) is 3.82. The highest BCUT2D eigenvalue weighted by atomic mass is 16.5. The molecule has 3 heterocycles. The highest BCUT2D eigenvalue weighted by molar-refractivity contribution is 5.79. The first-order chi connectivity index (χ1) is 13.7. The second kappa shape index (κ2) is 8.74. The van der Waals surface area contributed by atoms with Crippen LogP contribution in [0.1, 0.15) is 36.5 Å². The number of benzene rings is 1. The van der Waals surface area contributed by atoms with Crippen LogP contribution in [0.3, 0.4) is 0 Å². The molecule has 0 saturated carbocycles. The van der Waals surface area contributed by atoms with E-state index >= 15 is 0 Å². The van der Waals surface area contributed by atoms with E-state index in [0.29, 0.717) is 12.5 Å². The maximum Gasteiger partial charge on any atom is 0.226 e. The Morgan fingerprint density at radius 1 is 1.11 bits per heavy atom. The third-order valence-electron chi connectivity index (χ3n) is 5.90. The van der Waals surface area contributed by atoms with Gasteiger partial charge in [0.2, 0.25) is 11.8 Å². The third-order valence-corrected chi connectivity index (χ3v) is 5.90. The predicted octanol–water partition coefficient (Wildman–Crippen LogP) is 3.28. The van der Waals surface area contributed by atoms with Crippen molar-refractivity contribution in [3.8, 4) is 5.88 Å². The van der Waals surface area contributed by atoms with Gasteiger partial charge in [-0.3, -0.25) is 9.69 Å². The minimum Gasteiger partial charge on any atom is -0.478 e. The van der Waals surface area contributed by atoms with Crippen molar-refractivity contribution in [3.05, 3.63) is 59.3 Å². The number of hydrogen-bond acceptors (Lipinski definition) is 4. The maximum absolute atomic E-state index is 13.0. The number of fused-ring (bicyclic) bond motifs is 1. The smallest absolute Gasteiger partial charge is 0.226 e. The minimum atomic E-state index is 0.154. The normalized spacial score (nSPS) is 18.0. The molecular weight excluding hydrogens is 350 g/mol. The third kappa shape index (κ3) is 4.20. The first-order valence-corrected chi connectivity index (χ1v) is 10.4. The Bertz CT molecular complexity index is 815. The zero-order valence-electron chi connectivity index (χ0n) is 16.6. The monoisotopic (exact) mass is 379 g/mol. The van der Waals surface area contributed by atoms with E-state index in [0.717, 1.165) is 63.4 Å². The Kier molecular flexibility index (Phi) is 5.91. The second-order valence-electron chi connectivity index (χ2n) is 7.73. The van der Waals surface area contributed by atoms with Crippen molar-refractivity contribution in [3.63, 3.8) is 0 Å². The lowest BCUT2D eigenvalue weighted by molar-refractivity contribution is -0.138. The number of piperidine rings is 1. The van der Waals surface area contributed by atoms with Crippen molar-refractivity contribution in [2.75, 3.05) is 26.2 Å². The molecule has 1 aromatic carbocycles. The number of rotatable bonds is 5. The Labute approximate surface area is 167 Å². The van der Waals surface area contributed by atoms with Crippen molar-refractivity contribution >= 4 is 5.91 Å². The number of pyridine rings is 1. The predicted molar refractivity (Wildman–Crippen MR) is 109 cm³/mol. The standard InChI is InChI=1S/C23H29N3O2/c1-2-28-22-21(8-5-12-24-22)16-25-13-9-19(10-14-25)23(27)26-15-11-18-6-3-4-7-20(18)17-26/h3-8,12,19H,2,9-11,13-17H2,1H3. The van der Waals surface area contributed by atoms with Gasteiger partial charge in [-0.15, -0.1) is 0 Å². The lowest BCUT2D eigenvalue weighted by Gasteiger charge is -2.36. The number of aromatic nitrogens is 1. The van der Waals surface area contributed by atoms with Gasteiger partial charge in [-0.05, 0) is 56.5 Å². The number of likely N-dealkylation sites (tertiary alicyclic amines) is 1. The van der Waals surface area contributed by atoms with Gasteiger partial charge in [0.1, 0.15) is 0 Å². The van der Waals surface area contributed by atoms with E-state index in [9.17, 15) is 4.79 Å². The molecule has 148 valence electrons. The molecule has 1 fully saturated rings. The number of nitrogens with zero attached hydrogens (tertiary/aromatic N) is 3. The van der Waals surface area contributed by atoms with Crippen LogP contribution in [-0.4, -0.2) is 46.9 Å². The fourth-order valence-electron chi connectivity index (χ4n) is 4.33. The largest absolute Gasteiger partial charge is 0.478 e. The average Bonchev–Trinajstić information content (AvgIpc) is 2.75. The molecule has 2 aliphatic rings. The summed E-state index contributed by atoms with van der Waals surface area (Å²) in [5.74, 6) is 1.22. The van der Waals surface area contributed by atoms with E-state index in [-0.39, 0.29) is 5.92 Å². The quantitative estimate of drug-likeness (QED) is 0.800. The van der Waals surface area contributed by atoms with Crippen molar-refractivity contribution in [2.24, 2.45) is 5.92 Å². The Hall–Kier alpha value is -2.40. The summed E-state index contributed by atoms with van der Waals surface area (Å²) in [6.45, 7) is 6.95. The van der Waals surface area contributed by atoms with Crippen molar-refractivity contribution < 1.29 is 9.53 Å². The number of carbonyl (C=O) groups excluding carboxylic acids is 1. The van der Waals surface area contributed by atoms with Crippen molar-refractivity contribution in [2.45, 2.75) is 39.3 Å². The summed E-state index contributed by atoms with van der Waals surface area (Å²) in [6, 6.07) is 12.5. The molecule has 0 spiro atoms. The fraction of sp³-hybridized carbons (Fsp3) is 0.478. The van der Waals surface area contributed by atoms with Gasteiger partial charge in [-0.1, -0.05) is 30.3 Å². The number of carbonyl (C=O) groups is 1. The van der Waals surface area contributed by atoms with Gasteiger partial charge >= 0.3 is 0 Å². The van der Waals surface area contributed by atoms with Gasteiger partial charge in [0.05, 0.1) is 6.61 Å². The Balaban J connectivity index is 1.31. The van der Waals surface area contributed by atoms with Gasteiger partial charge in [-0.2, -0.15) is 0 Å². The van der Waals surface area contributed by atoms with Gasteiger partial charge < -0.3 is 9.64 Å². The van der Waals surface area contributed by atoms with Crippen molar-refractivity contribution in [1.29, 1.82) is 0 Å². The molecule has 0 unspecified atom stereocenters. The summed E-state index contributed by atoms with van der Waals surface area (Å²) in [7, 11) is 0. The molecule has 2 aromatic rings. The molecule has 0 aliphatic carbocycles. The molecule has 28 heavy (non-hydrogen) atoms. The first-order valence-electron chi connectivity index (χ1n) is 10.4. The SMILES string of the molecule is CCOc1ncccc1CN1CCC(C(=O)N2CCc3ccccc3C2)CC1. The van der Waals surface area contributed by atoms with Gasteiger partial charge in [0.25, 0.3) is 0 Å². The summed E-state index contributed by atoms with van der Waals surface area (Å²) >= 11 is 0. The highest BCUT2D eigenvalue weighted by Gasteiger charge is 2.30. The van der Waals surface area contributed by atoms with E-state index in [2.05, 4.69) is 45.1 Å². The first kappa shape index (κ1) is 18.9. The summed E-state index contributed by atoms with van der Waals surface area (Å²) in [4.78, 5) is 21.9. The van der Waals surface area contributed by atoms with Crippen LogP contribution in [-0.2, 0) is 24.3 Å². The van der Waals surface area contributed by atoms with Crippen LogP contribution in [0.2, 0.25) is 0 Å². The van der Waals surface area contributed by atoms with Gasteiger partial charge in [0, 0.05) is 37.3 Å². The van der Waals surface area contributed by atoms with Crippen LogP contribution >= 0.6 is 0 Å². The van der Waals surface area contributed by atoms with Crippen LogP contribution < -0.4 is 4.74 Å². The molecule has 0 radical (unpaired) electrons. The maximum atomic E-state index is 13.0. The number of ether oxygens (including phenoxy) is 1. The molecule has 1 amide bonds. The molecule has 1 saturated heterocycles. The van der Waals surface area contributed by atoms with Crippen LogP contribution in [0.5, 0.6) is 5.88 Å². The lowest BCUT2D eigenvalue weighted by atomic mass is 9.93. The number of hydrogen-bond donors (Lipinski definition) is 0. The molecule has 2 aliphatic heterocycles. The van der Waals surface area contributed by atoms with E-state index in [1.54, 1.807) is 6.20 Å². The van der Waals surface area contributed by atoms with E-state index in [1.165, 1.54) is 11.1 Å². The summed E-state index contributed by atoms with van der Waals surface area (Å²) < 4.78 is 5.65. The van der Waals surface area contributed by atoms with E-state index in [1.807, 2.05) is 13.0 Å². The zero-order valence-corrected chi connectivity index (χ0v) is 16.6. The average molecular weight is 380 g/mol. The molecule has 5 heteroatoms. The molecular formula is C23H29N3O2. The van der Waals surface area contributed by atoms with Crippen LogP contribution in [0.25, 0.3) is 0 Å². The van der Waals surface area contributed by atoms with E-state index in [4.69, 9.17) is 4.74 Å². The van der Waals surface area contributed by atoms with Crippen molar-refractivity contribution in [1.82, 2.24) is 14.8 Å². The molecule has 0 bridgehead atoms. The van der Waals surface area contributed by atoms with Crippen LogP contribution in [0.4, 0.5) is 0 Å². The Morgan fingerprint density at radius 3 is 2.68 bits per heavy atom. The molecule has 4 rings (SSSR count). The zero-order chi connectivity index (χ0) is 19.3. The van der Waals surface area contributed by atoms with Gasteiger partial charge in [-0.25, -0.2) is 4.98 Å². The van der Waals surface area contributed by atoms with Crippen LogP contribution in [0.15, 0.2) is 42.6 Å². The molecule has 0 atom stereocenters. The fourth-order valence-corrected chi connectivity index (χ4v) is 4.33. The van der Waals surface area contributed by atoms with Crippen LogP contribution in [0, 0.1) is 5.92 Å². The molecule has 0 N–H and O–H groups in total. The second-order valence-corrected chi connectivity index (χ2v) is 7.73. The molecule has 5 nitrogen and oxygen atoms in total. The Morgan fingerprint density at radius 2 is 1.89 bits per heavy atom. The van der Waals surface area contributed by atoms with Gasteiger partial charge in [0.15, 0.2) is 0 Å².